The minimum Gasteiger partial charge on any atom is -0.427 e. The Morgan fingerprint density at radius 3 is 2.90 bits per heavy atom. The molecule has 0 radical (unpaired) electrons. The predicted molar refractivity (Wildman–Crippen MR) is 116 cm³/mol. The number of hydrogen-bond acceptors (Lipinski definition) is 4. The number of aromatic nitrogens is 1. The Morgan fingerprint density at radius 1 is 1.27 bits per heavy atom. The molecule has 2 heterocycles. The molecular formula is C24H28N2O4. The van der Waals surface area contributed by atoms with Gasteiger partial charge < -0.3 is 19.8 Å². The normalized spacial score (nSPS) is 19.1. The van der Waals surface area contributed by atoms with Crippen molar-refractivity contribution in [3.63, 3.8) is 0 Å². The highest BCUT2D eigenvalue weighted by molar-refractivity contribution is 5.95. The van der Waals surface area contributed by atoms with Crippen molar-refractivity contribution in [2.24, 2.45) is 5.92 Å². The summed E-state index contributed by atoms with van der Waals surface area (Å²) in [5, 5.41) is 13.5. The average molecular weight is 408 g/mol. The first kappa shape index (κ1) is 20.4. The summed E-state index contributed by atoms with van der Waals surface area (Å²) < 4.78 is 5.49. The monoisotopic (exact) mass is 408 g/mol. The van der Waals surface area contributed by atoms with Crippen LogP contribution in [0.2, 0.25) is 0 Å². The first-order valence-corrected chi connectivity index (χ1v) is 10.7. The van der Waals surface area contributed by atoms with Crippen LogP contribution in [0.5, 0.6) is 0 Å². The van der Waals surface area contributed by atoms with Gasteiger partial charge in [0.25, 0.3) is 5.91 Å². The highest BCUT2D eigenvalue weighted by atomic mass is 16.4. The van der Waals surface area contributed by atoms with Gasteiger partial charge in [0.1, 0.15) is 11.3 Å². The van der Waals surface area contributed by atoms with Crippen molar-refractivity contribution in [1.82, 2.24) is 10.3 Å². The van der Waals surface area contributed by atoms with E-state index in [1.54, 1.807) is 13.0 Å². The third kappa shape index (κ3) is 4.33. The second-order valence-electron chi connectivity index (χ2n) is 8.30. The highest BCUT2D eigenvalue weighted by Gasteiger charge is 2.25. The zero-order valence-corrected chi connectivity index (χ0v) is 17.2. The van der Waals surface area contributed by atoms with Crippen LogP contribution in [-0.2, 0) is 12.8 Å². The number of para-hydroxylation sites is 1. The molecule has 1 aliphatic carbocycles. The highest BCUT2D eigenvalue weighted by Crippen LogP contribution is 2.24. The Kier molecular flexibility index (Phi) is 6.04. The van der Waals surface area contributed by atoms with Crippen LogP contribution in [0.25, 0.3) is 10.9 Å². The number of aromatic amines is 1. The van der Waals surface area contributed by atoms with E-state index in [-0.39, 0.29) is 30.0 Å². The molecule has 2 aromatic heterocycles. The van der Waals surface area contributed by atoms with Crippen LogP contribution < -0.4 is 10.9 Å². The summed E-state index contributed by atoms with van der Waals surface area (Å²) in [4.78, 5) is 28.5. The van der Waals surface area contributed by atoms with E-state index in [1.807, 2.05) is 24.4 Å². The Bertz CT molecular complexity index is 1100. The van der Waals surface area contributed by atoms with Gasteiger partial charge in [-0.1, -0.05) is 24.6 Å². The topological polar surface area (TPSA) is 95.3 Å². The molecule has 1 aliphatic rings. The lowest BCUT2D eigenvalue weighted by Crippen LogP contribution is -2.41. The van der Waals surface area contributed by atoms with Crippen LogP contribution in [-0.4, -0.2) is 28.6 Å². The lowest BCUT2D eigenvalue weighted by atomic mass is 9.86. The number of nitrogens with one attached hydrogen (secondary N) is 2. The molecule has 0 spiro atoms. The average Bonchev–Trinajstić information content (AvgIpc) is 3.15. The smallest absolute Gasteiger partial charge is 0.349 e. The number of H-pyrrole nitrogens is 1. The lowest BCUT2D eigenvalue weighted by Gasteiger charge is -2.28. The number of carbonyl (C=O) groups is 1. The number of fused-ring (bicyclic) bond motifs is 1. The molecule has 1 saturated carbocycles. The van der Waals surface area contributed by atoms with Crippen molar-refractivity contribution in [2.45, 2.75) is 51.5 Å². The molecule has 2 atom stereocenters. The van der Waals surface area contributed by atoms with Gasteiger partial charge >= 0.3 is 5.63 Å². The van der Waals surface area contributed by atoms with Crippen LogP contribution in [0.15, 0.2) is 45.7 Å². The van der Waals surface area contributed by atoms with Gasteiger partial charge in [-0.2, -0.15) is 0 Å². The summed E-state index contributed by atoms with van der Waals surface area (Å²) in [6, 6.07) is 9.89. The number of rotatable bonds is 6. The molecule has 158 valence electrons. The molecular weight excluding hydrogens is 380 g/mol. The summed E-state index contributed by atoms with van der Waals surface area (Å²) in [5.74, 6) is 0.416. The molecule has 0 bridgehead atoms. The molecule has 0 saturated heterocycles. The van der Waals surface area contributed by atoms with Gasteiger partial charge in [0.2, 0.25) is 0 Å². The van der Waals surface area contributed by atoms with Crippen LogP contribution in [0.3, 0.4) is 0 Å². The van der Waals surface area contributed by atoms with E-state index in [1.165, 1.54) is 10.9 Å². The zero-order valence-electron chi connectivity index (χ0n) is 17.2. The number of aliphatic hydroxyl groups excluding tert-OH is 1. The number of aliphatic hydroxyl groups is 1. The van der Waals surface area contributed by atoms with E-state index in [2.05, 4.69) is 16.4 Å². The van der Waals surface area contributed by atoms with E-state index < -0.39 is 5.63 Å². The fraction of sp³-hybridized carbons (Fsp3) is 0.417. The molecule has 6 nitrogen and oxygen atoms in total. The second kappa shape index (κ2) is 8.88. The SMILES string of the molecule is Cc1cc(CCc2c[nH]c3ccccc23)oc(=O)c1C(=O)N[C@@H]1CCC[C@@H](CO)C1. The fourth-order valence-electron chi connectivity index (χ4n) is 4.51. The maximum Gasteiger partial charge on any atom is 0.349 e. The summed E-state index contributed by atoms with van der Waals surface area (Å²) in [7, 11) is 0. The van der Waals surface area contributed by atoms with Crippen molar-refractivity contribution in [3.8, 4) is 0 Å². The lowest BCUT2D eigenvalue weighted by molar-refractivity contribution is 0.0900. The minimum absolute atomic E-state index is 0.0104. The van der Waals surface area contributed by atoms with Crippen LogP contribution in [0.4, 0.5) is 0 Å². The Hall–Kier alpha value is -2.86. The zero-order chi connectivity index (χ0) is 21.1. The third-order valence-corrected chi connectivity index (χ3v) is 6.12. The summed E-state index contributed by atoms with van der Waals surface area (Å²) in [6.45, 7) is 1.91. The largest absolute Gasteiger partial charge is 0.427 e. The van der Waals surface area contributed by atoms with Gasteiger partial charge in [0.05, 0.1) is 0 Å². The molecule has 3 aromatic rings. The summed E-state index contributed by atoms with van der Waals surface area (Å²) in [5.41, 5.74) is 2.38. The molecule has 0 aliphatic heterocycles. The maximum atomic E-state index is 12.7. The van der Waals surface area contributed by atoms with E-state index in [4.69, 9.17) is 4.42 Å². The van der Waals surface area contributed by atoms with Gasteiger partial charge in [-0.05, 0) is 61.8 Å². The molecule has 4 rings (SSSR count). The molecule has 1 amide bonds. The molecule has 1 fully saturated rings. The van der Waals surface area contributed by atoms with Gasteiger partial charge in [-0.3, -0.25) is 4.79 Å². The first-order valence-electron chi connectivity index (χ1n) is 10.7. The standard InChI is InChI=1S/C24H28N2O4/c1-15-11-19(10-9-17-13-25-21-8-3-2-7-20(17)21)30-24(29)22(15)23(28)26-18-6-4-5-16(12-18)14-27/h2-3,7-8,11,13,16,18,25,27H,4-6,9-10,12,14H2,1H3,(H,26,28)/t16-,18-/m1/s1. The second-order valence-corrected chi connectivity index (χ2v) is 8.30. The first-order chi connectivity index (χ1) is 14.5. The molecule has 6 heteroatoms. The van der Waals surface area contributed by atoms with Crippen molar-refractivity contribution in [2.75, 3.05) is 6.61 Å². The van der Waals surface area contributed by atoms with Gasteiger partial charge in [-0.15, -0.1) is 0 Å². The van der Waals surface area contributed by atoms with Crippen molar-refractivity contribution < 1.29 is 14.3 Å². The van der Waals surface area contributed by atoms with E-state index in [0.29, 0.717) is 17.7 Å². The number of amides is 1. The third-order valence-electron chi connectivity index (χ3n) is 6.12. The molecule has 3 N–H and O–H groups in total. The van der Waals surface area contributed by atoms with E-state index in [9.17, 15) is 14.7 Å². The van der Waals surface area contributed by atoms with Crippen molar-refractivity contribution in [3.05, 3.63) is 69.4 Å². The number of hydrogen-bond donors (Lipinski definition) is 3. The Morgan fingerprint density at radius 2 is 2.10 bits per heavy atom. The van der Waals surface area contributed by atoms with Crippen LogP contribution >= 0.6 is 0 Å². The number of benzene rings is 1. The quantitative estimate of drug-likeness (QED) is 0.582. The van der Waals surface area contributed by atoms with Crippen molar-refractivity contribution >= 4 is 16.8 Å². The van der Waals surface area contributed by atoms with E-state index in [0.717, 1.165) is 37.6 Å². The fourth-order valence-corrected chi connectivity index (χ4v) is 4.51. The predicted octanol–water partition coefficient (Wildman–Crippen LogP) is 3.50. The molecule has 30 heavy (non-hydrogen) atoms. The van der Waals surface area contributed by atoms with Crippen molar-refractivity contribution in [1.29, 1.82) is 0 Å². The van der Waals surface area contributed by atoms with E-state index >= 15 is 0 Å². The summed E-state index contributed by atoms with van der Waals surface area (Å²) >= 11 is 0. The Balaban J connectivity index is 1.45. The van der Waals surface area contributed by atoms with Gasteiger partial charge in [0.15, 0.2) is 0 Å². The number of carbonyl (C=O) groups excluding carboxylic acids is 1. The van der Waals surface area contributed by atoms with Gasteiger partial charge in [0, 0.05) is 36.2 Å². The molecule has 1 aromatic carbocycles. The van der Waals surface area contributed by atoms with Crippen LogP contribution in [0, 0.1) is 12.8 Å². The molecule has 0 unspecified atom stereocenters. The van der Waals surface area contributed by atoms with Crippen LogP contribution in [0.1, 0.15) is 52.9 Å². The minimum atomic E-state index is -0.587. The summed E-state index contributed by atoms with van der Waals surface area (Å²) in [6.07, 6.45) is 6.88. The maximum absolute atomic E-state index is 12.7. The Labute approximate surface area is 175 Å². The van der Waals surface area contributed by atoms with Gasteiger partial charge in [-0.25, -0.2) is 4.79 Å². The number of aryl methyl sites for hydroxylation is 3.